The Hall–Kier alpha value is -0.960. The molecule has 0 spiro atoms. The van der Waals surface area contributed by atoms with Crippen molar-refractivity contribution in [2.24, 2.45) is 5.92 Å². The molecule has 1 fully saturated rings. The van der Waals surface area contributed by atoms with Crippen LogP contribution in [0.3, 0.4) is 0 Å². The number of halogens is 2. The van der Waals surface area contributed by atoms with E-state index in [2.05, 4.69) is 0 Å². The predicted molar refractivity (Wildman–Crippen MR) is 62.6 cm³/mol. The average molecular weight is 240 g/mol. The van der Waals surface area contributed by atoms with E-state index in [4.69, 9.17) is 0 Å². The van der Waals surface area contributed by atoms with Crippen LogP contribution in [-0.4, -0.2) is 5.11 Å². The van der Waals surface area contributed by atoms with Crippen molar-refractivity contribution in [1.29, 1.82) is 0 Å². The Bertz CT molecular complexity index is 397. The third-order valence-electron chi connectivity index (χ3n) is 3.70. The zero-order chi connectivity index (χ0) is 12.4. The van der Waals surface area contributed by atoms with Crippen LogP contribution in [0.25, 0.3) is 0 Å². The first kappa shape index (κ1) is 12.5. The predicted octanol–water partition coefficient (Wildman–Crippen LogP) is 3.89. The second kappa shape index (κ2) is 5.13. The number of aliphatic hydroxyl groups excluding tert-OH is 1. The Morgan fingerprint density at radius 2 is 1.88 bits per heavy atom. The smallest absolute Gasteiger partial charge is 0.164 e. The van der Waals surface area contributed by atoms with Gasteiger partial charge in [-0.05, 0) is 24.8 Å². The lowest BCUT2D eigenvalue weighted by molar-refractivity contribution is 0.139. The number of benzene rings is 1. The summed E-state index contributed by atoms with van der Waals surface area (Å²) < 4.78 is 27.0. The molecule has 1 atom stereocenters. The molecule has 0 bridgehead atoms. The molecule has 1 aliphatic rings. The number of aliphatic hydroxyl groups is 1. The van der Waals surface area contributed by atoms with E-state index in [1.807, 2.05) is 0 Å². The summed E-state index contributed by atoms with van der Waals surface area (Å²) in [6.45, 7) is 1.52. The van der Waals surface area contributed by atoms with Crippen LogP contribution in [0.1, 0.15) is 49.3 Å². The maximum Gasteiger partial charge on any atom is 0.164 e. The van der Waals surface area contributed by atoms with Crippen LogP contribution in [0.5, 0.6) is 0 Å². The fourth-order valence-corrected chi connectivity index (χ4v) is 2.61. The van der Waals surface area contributed by atoms with Crippen molar-refractivity contribution in [2.75, 3.05) is 0 Å². The molecule has 94 valence electrons. The van der Waals surface area contributed by atoms with Gasteiger partial charge in [0.25, 0.3) is 0 Å². The third-order valence-corrected chi connectivity index (χ3v) is 3.70. The highest BCUT2D eigenvalue weighted by molar-refractivity contribution is 5.27. The lowest BCUT2D eigenvalue weighted by Gasteiger charge is -2.17. The van der Waals surface area contributed by atoms with Crippen molar-refractivity contribution in [3.8, 4) is 0 Å². The van der Waals surface area contributed by atoms with Gasteiger partial charge in [0.1, 0.15) is 0 Å². The summed E-state index contributed by atoms with van der Waals surface area (Å²) in [6, 6.07) is 3.01. The van der Waals surface area contributed by atoms with Gasteiger partial charge in [-0.3, -0.25) is 0 Å². The van der Waals surface area contributed by atoms with Crippen molar-refractivity contribution >= 4 is 0 Å². The second-order valence-electron chi connectivity index (χ2n) is 5.00. The lowest BCUT2D eigenvalue weighted by Crippen LogP contribution is -2.08. The van der Waals surface area contributed by atoms with E-state index in [9.17, 15) is 13.9 Å². The largest absolute Gasteiger partial charge is 0.388 e. The Balaban J connectivity index is 2.13. The maximum absolute atomic E-state index is 13.7. The molecule has 1 aliphatic carbocycles. The molecular formula is C14H18F2O. The van der Waals surface area contributed by atoms with E-state index in [1.54, 1.807) is 0 Å². The van der Waals surface area contributed by atoms with Crippen LogP contribution in [-0.2, 0) is 0 Å². The molecule has 0 amide bonds. The van der Waals surface area contributed by atoms with Gasteiger partial charge in [-0.25, -0.2) is 8.78 Å². The number of hydrogen-bond acceptors (Lipinski definition) is 1. The Morgan fingerprint density at radius 3 is 2.53 bits per heavy atom. The molecule has 1 saturated carbocycles. The van der Waals surface area contributed by atoms with Crippen molar-refractivity contribution in [2.45, 2.75) is 45.1 Å². The molecule has 3 heteroatoms. The Labute approximate surface area is 100 Å². The number of aryl methyl sites for hydroxylation is 1. The highest BCUT2D eigenvalue weighted by Crippen LogP contribution is 2.34. The van der Waals surface area contributed by atoms with E-state index in [0.29, 0.717) is 12.3 Å². The van der Waals surface area contributed by atoms with Gasteiger partial charge in [0.2, 0.25) is 0 Å². The Morgan fingerprint density at radius 1 is 1.24 bits per heavy atom. The summed E-state index contributed by atoms with van der Waals surface area (Å²) in [5.41, 5.74) is 0.374. The second-order valence-corrected chi connectivity index (χ2v) is 5.00. The van der Waals surface area contributed by atoms with Gasteiger partial charge >= 0.3 is 0 Å². The van der Waals surface area contributed by atoms with Gasteiger partial charge in [0, 0.05) is 5.56 Å². The molecule has 1 aromatic rings. The van der Waals surface area contributed by atoms with E-state index in [0.717, 1.165) is 12.8 Å². The van der Waals surface area contributed by atoms with Crippen LogP contribution in [0.4, 0.5) is 8.78 Å². The zero-order valence-electron chi connectivity index (χ0n) is 10.0. The summed E-state index contributed by atoms with van der Waals surface area (Å²) in [4.78, 5) is 0. The maximum atomic E-state index is 13.7. The fourth-order valence-electron chi connectivity index (χ4n) is 2.61. The van der Waals surface area contributed by atoms with Gasteiger partial charge in [-0.15, -0.1) is 0 Å². The van der Waals surface area contributed by atoms with Crippen molar-refractivity contribution in [1.82, 2.24) is 0 Å². The summed E-state index contributed by atoms with van der Waals surface area (Å²) in [5, 5.41) is 9.97. The van der Waals surface area contributed by atoms with E-state index in [1.165, 1.54) is 31.9 Å². The summed E-state index contributed by atoms with van der Waals surface area (Å²) >= 11 is 0. The van der Waals surface area contributed by atoms with Crippen molar-refractivity contribution in [3.05, 3.63) is 34.9 Å². The Kier molecular flexibility index (Phi) is 3.77. The van der Waals surface area contributed by atoms with Crippen LogP contribution < -0.4 is 0 Å². The highest BCUT2D eigenvalue weighted by Gasteiger charge is 2.23. The van der Waals surface area contributed by atoms with Crippen molar-refractivity contribution in [3.63, 3.8) is 0 Å². The molecule has 2 rings (SSSR count). The summed E-state index contributed by atoms with van der Waals surface area (Å²) in [7, 11) is 0. The van der Waals surface area contributed by atoms with Crippen LogP contribution in [0.15, 0.2) is 12.1 Å². The monoisotopic (exact) mass is 240 g/mol. The topological polar surface area (TPSA) is 20.2 Å². The van der Waals surface area contributed by atoms with Crippen LogP contribution in [0.2, 0.25) is 0 Å². The summed E-state index contributed by atoms with van der Waals surface area (Å²) in [6.07, 6.45) is 4.21. The molecule has 0 radical (unpaired) electrons. The first-order valence-electron chi connectivity index (χ1n) is 6.22. The van der Waals surface area contributed by atoms with Gasteiger partial charge in [0.15, 0.2) is 11.6 Å². The molecule has 0 aliphatic heterocycles. The molecule has 0 aromatic heterocycles. The van der Waals surface area contributed by atoms with Gasteiger partial charge in [0.05, 0.1) is 6.10 Å². The average Bonchev–Trinajstić information content (AvgIpc) is 2.78. The molecular weight excluding hydrogens is 222 g/mol. The highest BCUT2D eigenvalue weighted by atomic mass is 19.2. The minimum atomic E-state index is -0.893. The lowest BCUT2D eigenvalue weighted by atomic mass is 9.95. The molecule has 17 heavy (non-hydrogen) atoms. The molecule has 1 N–H and O–H groups in total. The first-order chi connectivity index (χ1) is 8.09. The molecule has 1 unspecified atom stereocenters. The SMILES string of the molecule is Cc1ccc(C(O)CC2CCCC2)c(F)c1F. The van der Waals surface area contributed by atoms with Crippen molar-refractivity contribution < 1.29 is 13.9 Å². The quantitative estimate of drug-likeness (QED) is 0.849. The fraction of sp³-hybridized carbons (Fsp3) is 0.571. The summed E-state index contributed by atoms with van der Waals surface area (Å²) in [5.74, 6) is -1.28. The first-order valence-corrected chi connectivity index (χ1v) is 6.22. The molecule has 0 heterocycles. The van der Waals surface area contributed by atoms with E-state index >= 15 is 0 Å². The zero-order valence-corrected chi connectivity index (χ0v) is 10.0. The molecule has 1 aromatic carbocycles. The van der Waals surface area contributed by atoms with E-state index in [-0.39, 0.29) is 11.1 Å². The number of rotatable bonds is 3. The van der Waals surface area contributed by atoms with Crippen LogP contribution >= 0.6 is 0 Å². The van der Waals surface area contributed by atoms with E-state index < -0.39 is 17.7 Å². The normalized spacial score (nSPS) is 18.6. The van der Waals surface area contributed by atoms with Gasteiger partial charge in [-0.1, -0.05) is 37.8 Å². The molecule has 1 nitrogen and oxygen atoms in total. The minimum absolute atomic E-state index is 0.0972. The van der Waals surface area contributed by atoms with Crippen LogP contribution in [0, 0.1) is 24.5 Å². The minimum Gasteiger partial charge on any atom is -0.388 e. The standard InChI is InChI=1S/C14H18F2O/c1-9-6-7-11(14(16)13(9)15)12(17)8-10-4-2-3-5-10/h6-7,10,12,17H,2-5,8H2,1H3. The van der Waals surface area contributed by atoms with Gasteiger partial charge < -0.3 is 5.11 Å². The molecule has 0 saturated heterocycles. The third kappa shape index (κ3) is 2.65. The van der Waals surface area contributed by atoms with Gasteiger partial charge in [-0.2, -0.15) is 0 Å². The number of hydrogen-bond donors (Lipinski definition) is 1.